The summed E-state index contributed by atoms with van der Waals surface area (Å²) >= 11 is 6.64. The van der Waals surface area contributed by atoms with Crippen molar-refractivity contribution in [2.24, 2.45) is 5.16 Å². The number of esters is 1. The van der Waals surface area contributed by atoms with Gasteiger partial charge in [0.05, 0.1) is 17.9 Å². The molecule has 0 fully saturated rings. The number of rotatable bonds is 3. The Balaban J connectivity index is 1.87. The van der Waals surface area contributed by atoms with E-state index in [9.17, 15) is 9.59 Å². The van der Waals surface area contributed by atoms with Gasteiger partial charge in [0.15, 0.2) is 6.61 Å². The quantitative estimate of drug-likeness (QED) is 0.349. The predicted octanol–water partition coefficient (Wildman–Crippen LogP) is 5.11. The first kappa shape index (κ1) is 24.8. The third-order valence-electron chi connectivity index (χ3n) is 5.58. The van der Waals surface area contributed by atoms with Crippen molar-refractivity contribution in [1.29, 1.82) is 0 Å². The number of carbonyl (C=O) groups excluding carboxylic acids is 2. The average molecular weight is 471 g/mol. The minimum Gasteiger partial charge on any atom is -0.462 e. The molecule has 0 saturated heterocycles. The lowest BCUT2D eigenvalue weighted by molar-refractivity contribution is -0.135. The van der Waals surface area contributed by atoms with Gasteiger partial charge in [0.25, 0.3) is 5.91 Å². The highest BCUT2D eigenvalue weighted by molar-refractivity contribution is 6.33. The Morgan fingerprint density at radius 1 is 1.09 bits per heavy atom. The number of halogens is 1. The Bertz CT molecular complexity index is 994. The van der Waals surface area contributed by atoms with Gasteiger partial charge in [-0.2, -0.15) is 0 Å². The molecule has 1 aromatic carbocycles. The summed E-state index contributed by atoms with van der Waals surface area (Å²) < 4.78 is 5.51. The molecule has 0 atom stereocenters. The predicted molar refractivity (Wildman–Crippen MR) is 131 cm³/mol. The van der Waals surface area contributed by atoms with Crippen molar-refractivity contribution in [2.75, 3.05) is 26.3 Å². The van der Waals surface area contributed by atoms with Crippen LogP contribution in [0.1, 0.15) is 52.7 Å². The third kappa shape index (κ3) is 7.06. The van der Waals surface area contributed by atoms with Crippen LogP contribution in [0.3, 0.4) is 0 Å². The van der Waals surface area contributed by atoms with Gasteiger partial charge in [0.2, 0.25) is 0 Å². The number of nitrogens with zero attached hydrogens (tertiary/aromatic N) is 2. The van der Waals surface area contributed by atoms with Crippen molar-refractivity contribution >= 4 is 29.2 Å². The van der Waals surface area contributed by atoms with Crippen LogP contribution in [-0.2, 0) is 20.8 Å². The van der Waals surface area contributed by atoms with Crippen LogP contribution in [0, 0.1) is 13.8 Å². The first-order valence-corrected chi connectivity index (χ1v) is 11.7. The lowest BCUT2D eigenvalue weighted by atomic mass is 9.94. The van der Waals surface area contributed by atoms with Crippen LogP contribution >= 0.6 is 11.6 Å². The van der Waals surface area contributed by atoms with Gasteiger partial charge in [0.1, 0.15) is 0 Å². The molecule has 0 unspecified atom stereocenters. The van der Waals surface area contributed by atoms with Gasteiger partial charge < -0.3 is 14.5 Å². The van der Waals surface area contributed by atoms with E-state index in [1.165, 1.54) is 0 Å². The molecule has 0 bridgehead atoms. The van der Waals surface area contributed by atoms with Crippen LogP contribution in [0.25, 0.3) is 0 Å². The summed E-state index contributed by atoms with van der Waals surface area (Å²) in [4.78, 5) is 32.5. The molecule has 0 aliphatic carbocycles. The summed E-state index contributed by atoms with van der Waals surface area (Å²) in [6, 6.07) is 1.89. The highest BCUT2D eigenvalue weighted by Crippen LogP contribution is 2.29. The van der Waals surface area contributed by atoms with Crippen molar-refractivity contribution in [3.63, 3.8) is 0 Å². The number of fused-ring (bicyclic) bond motifs is 1. The van der Waals surface area contributed by atoms with Crippen LogP contribution in [0.5, 0.6) is 0 Å². The van der Waals surface area contributed by atoms with Gasteiger partial charge in [-0.25, -0.2) is 4.79 Å². The first-order chi connectivity index (χ1) is 16.0. The van der Waals surface area contributed by atoms with Gasteiger partial charge in [-0.1, -0.05) is 53.2 Å². The number of oxime groups is 1. The summed E-state index contributed by atoms with van der Waals surface area (Å²) in [5.41, 5.74) is 3.39. The number of benzene rings is 1. The number of carbonyl (C=O) groups is 2. The number of ether oxygens (including phenoxy) is 1. The Kier molecular flexibility index (Phi) is 9.31. The number of allylic oxidation sites excluding steroid dienone is 3. The lowest BCUT2D eigenvalue weighted by Crippen LogP contribution is -2.36. The summed E-state index contributed by atoms with van der Waals surface area (Å²) in [6.45, 7) is 5.24. The highest BCUT2D eigenvalue weighted by Gasteiger charge is 2.22. The second-order valence-electron chi connectivity index (χ2n) is 8.19. The molecular weight excluding hydrogens is 440 g/mol. The molecule has 0 aromatic heterocycles. The Morgan fingerprint density at radius 2 is 1.85 bits per heavy atom. The topological polar surface area (TPSA) is 68.2 Å². The molecule has 0 radical (unpaired) electrons. The van der Waals surface area contributed by atoms with E-state index < -0.39 is 5.97 Å². The van der Waals surface area contributed by atoms with Gasteiger partial charge in [-0.15, -0.1) is 0 Å². The second-order valence-corrected chi connectivity index (χ2v) is 8.56. The molecule has 1 aromatic rings. The number of hydrogen-bond donors (Lipinski definition) is 0. The van der Waals surface area contributed by atoms with Crippen molar-refractivity contribution in [3.8, 4) is 0 Å². The van der Waals surface area contributed by atoms with Crippen LogP contribution in [0.2, 0.25) is 5.02 Å². The van der Waals surface area contributed by atoms with Gasteiger partial charge >= 0.3 is 5.97 Å². The van der Waals surface area contributed by atoms with Gasteiger partial charge in [0, 0.05) is 24.5 Å². The Labute approximate surface area is 200 Å². The van der Waals surface area contributed by atoms with Gasteiger partial charge in [-0.05, 0) is 62.3 Å². The van der Waals surface area contributed by atoms with E-state index in [0.29, 0.717) is 54.4 Å². The van der Waals surface area contributed by atoms with E-state index in [-0.39, 0.29) is 12.5 Å². The smallest absolute Gasteiger partial charge is 0.338 e. The zero-order valence-electron chi connectivity index (χ0n) is 19.3. The normalized spacial score (nSPS) is 20.5. The molecule has 3 rings (SSSR count). The van der Waals surface area contributed by atoms with E-state index in [2.05, 4.69) is 17.3 Å². The number of hydrogen-bond acceptors (Lipinski definition) is 5. The van der Waals surface area contributed by atoms with Crippen LogP contribution in [0.15, 0.2) is 47.7 Å². The van der Waals surface area contributed by atoms with Crippen LogP contribution < -0.4 is 0 Å². The van der Waals surface area contributed by atoms with E-state index in [1.54, 1.807) is 4.90 Å². The maximum absolute atomic E-state index is 12.9. The fourth-order valence-corrected chi connectivity index (χ4v) is 4.08. The van der Waals surface area contributed by atoms with Gasteiger partial charge in [-0.3, -0.25) is 4.79 Å². The molecule has 7 heteroatoms. The van der Waals surface area contributed by atoms with Crippen molar-refractivity contribution in [1.82, 2.24) is 4.90 Å². The summed E-state index contributed by atoms with van der Waals surface area (Å²) in [6.07, 6.45) is 15.5. The van der Waals surface area contributed by atoms with E-state index in [4.69, 9.17) is 21.2 Å². The molecule has 0 saturated carbocycles. The molecule has 33 heavy (non-hydrogen) atoms. The second kappa shape index (κ2) is 12.4. The molecule has 1 amide bonds. The summed E-state index contributed by atoms with van der Waals surface area (Å²) in [5, 5.41) is 4.76. The standard InChI is InChI=1S/C26H31ClN2O4/c1-19-16-20(2)25(27)22-17-21(28-33-18-23(30)29-13-9-7-10-14-29)12-8-5-3-4-6-11-15-32-26(31)24(19)22/h4,6-9,12,16H,3,5,10-11,13-15,17-18H2,1-2H3/b6-4+,12-8+,28-21-. The monoisotopic (exact) mass is 470 g/mol. The van der Waals surface area contributed by atoms with Crippen LogP contribution in [0.4, 0.5) is 0 Å². The van der Waals surface area contributed by atoms with Crippen LogP contribution in [-0.4, -0.2) is 48.8 Å². The largest absolute Gasteiger partial charge is 0.462 e. The Morgan fingerprint density at radius 3 is 2.64 bits per heavy atom. The Hall–Kier alpha value is -2.86. The van der Waals surface area contributed by atoms with E-state index >= 15 is 0 Å². The van der Waals surface area contributed by atoms with Crippen molar-refractivity contribution in [2.45, 2.75) is 46.0 Å². The molecule has 2 aliphatic rings. The molecule has 176 valence electrons. The minimum absolute atomic E-state index is 0.104. The fraction of sp³-hybridized carbons (Fsp3) is 0.423. The zero-order chi connectivity index (χ0) is 23.6. The summed E-state index contributed by atoms with van der Waals surface area (Å²) in [7, 11) is 0. The van der Waals surface area contributed by atoms with E-state index in [0.717, 1.165) is 30.4 Å². The minimum atomic E-state index is -0.396. The zero-order valence-corrected chi connectivity index (χ0v) is 20.1. The molecule has 0 N–H and O–H groups in total. The molecule has 2 aliphatic heterocycles. The first-order valence-electron chi connectivity index (χ1n) is 11.4. The maximum Gasteiger partial charge on any atom is 0.338 e. The molecular formula is C26H31ClN2O4. The number of amides is 1. The number of aryl methyl sites for hydroxylation is 2. The summed E-state index contributed by atoms with van der Waals surface area (Å²) in [5.74, 6) is -0.500. The SMILES string of the molecule is Cc1cc(C)c2c(c1Cl)CC(=N\OCC(=O)N1CC=CCC1)/C=C/CC/C=C/CCOC2=O. The maximum atomic E-state index is 12.9. The van der Waals surface area contributed by atoms with Crippen molar-refractivity contribution < 1.29 is 19.2 Å². The molecule has 6 nitrogen and oxygen atoms in total. The lowest BCUT2D eigenvalue weighted by Gasteiger charge is -2.22. The van der Waals surface area contributed by atoms with E-state index in [1.807, 2.05) is 44.2 Å². The third-order valence-corrected chi connectivity index (χ3v) is 6.10. The number of cyclic esters (lactones) is 1. The molecule has 0 spiro atoms. The average Bonchev–Trinajstić information content (AvgIpc) is 2.80. The highest BCUT2D eigenvalue weighted by atomic mass is 35.5. The van der Waals surface area contributed by atoms with Crippen molar-refractivity contribution in [3.05, 3.63) is 69.8 Å². The molecule has 2 heterocycles. The fourth-order valence-electron chi connectivity index (χ4n) is 3.87.